The Balaban J connectivity index is 2.08. The lowest BCUT2D eigenvalue weighted by atomic mass is 10.2. The summed E-state index contributed by atoms with van der Waals surface area (Å²) in [6, 6.07) is 0.231. The summed E-state index contributed by atoms with van der Waals surface area (Å²) in [7, 11) is 1.42. The Morgan fingerprint density at radius 3 is 2.47 bits per heavy atom. The lowest BCUT2D eigenvalue weighted by Gasteiger charge is -2.20. The first-order chi connectivity index (χ1) is 8.92. The average Bonchev–Trinajstić information content (AvgIpc) is 3.13. The predicted molar refractivity (Wildman–Crippen MR) is 73.1 cm³/mol. The molecule has 5 nitrogen and oxygen atoms in total. The minimum Gasteiger partial charge on any atom is -0.468 e. The summed E-state index contributed by atoms with van der Waals surface area (Å²) in [5, 5.41) is 3.27. The first-order valence-corrected chi connectivity index (χ1v) is 6.98. The molecule has 0 amide bonds. The molecular formula is C14H27NO4. The Hall–Kier alpha value is -0.650. The number of hydrogen-bond donors (Lipinski definition) is 1. The fourth-order valence-corrected chi connectivity index (χ4v) is 1.66. The highest BCUT2D eigenvalue weighted by atomic mass is 16.5. The maximum Gasteiger partial charge on any atom is 0.322 e. The first-order valence-electron chi connectivity index (χ1n) is 6.98. The van der Waals surface area contributed by atoms with Gasteiger partial charge in [0.1, 0.15) is 6.04 Å². The van der Waals surface area contributed by atoms with Gasteiger partial charge in [-0.25, -0.2) is 0 Å². The van der Waals surface area contributed by atoms with Crippen LogP contribution in [0.4, 0.5) is 0 Å². The van der Waals surface area contributed by atoms with Gasteiger partial charge in [0.15, 0.2) is 0 Å². The molecule has 1 aliphatic carbocycles. The van der Waals surface area contributed by atoms with E-state index in [9.17, 15) is 4.79 Å². The van der Waals surface area contributed by atoms with Gasteiger partial charge in [-0.3, -0.25) is 4.79 Å². The van der Waals surface area contributed by atoms with Gasteiger partial charge < -0.3 is 19.5 Å². The minimum atomic E-state index is -0.249. The highest BCUT2D eigenvalue weighted by Crippen LogP contribution is 2.20. The van der Waals surface area contributed by atoms with E-state index in [-0.39, 0.29) is 17.6 Å². The fraction of sp³-hybridized carbons (Fsp3) is 0.929. The highest BCUT2D eigenvalue weighted by molar-refractivity contribution is 5.75. The average molecular weight is 273 g/mol. The van der Waals surface area contributed by atoms with Crippen LogP contribution in [0.5, 0.6) is 0 Å². The second kappa shape index (κ2) is 7.82. The molecule has 0 aromatic heterocycles. The van der Waals surface area contributed by atoms with E-state index < -0.39 is 0 Å². The summed E-state index contributed by atoms with van der Waals surface area (Å²) in [5.41, 5.74) is -0.133. The normalized spacial score (nSPS) is 17.3. The molecule has 1 unspecified atom stereocenters. The number of esters is 1. The van der Waals surface area contributed by atoms with Gasteiger partial charge in [-0.05, 0) is 40.0 Å². The molecule has 1 fully saturated rings. The SMILES string of the molecule is COC(=O)C(CCOCCOC(C)(C)C)NC1CC1. The predicted octanol–water partition coefficient (Wildman–Crippen LogP) is 1.50. The van der Waals surface area contributed by atoms with Crippen molar-refractivity contribution in [3.63, 3.8) is 0 Å². The smallest absolute Gasteiger partial charge is 0.322 e. The second-order valence-corrected chi connectivity index (χ2v) is 5.88. The highest BCUT2D eigenvalue weighted by Gasteiger charge is 2.28. The van der Waals surface area contributed by atoms with Gasteiger partial charge in [-0.2, -0.15) is 0 Å². The van der Waals surface area contributed by atoms with Crippen molar-refractivity contribution < 1.29 is 19.0 Å². The first kappa shape index (κ1) is 16.4. The molecule has 0 heterocycles. The maximum absolute atomic E-state index is 11.6. The van der Waals surface area contributed by atoms with Crippen molar-refractivity contribution in [3.8, 4) is 0 Å². The van der Waals surface area contributed by atoms with Crippen molar-refractivity contribution in [1.29, 1.82) is 0 Å². The number of ether oxygens (including phenoxy) is 3. The van der Waals surface area contributed by atoms with Gasteiger partial charge in [-0.15, -0.1) is 0 Å². The number of carbonyl (C=O) groups is 1. The maximum atomic E-state index is 11.6. The molecule has 0 radical (unpaired) electrons. The van der Waals surface area contributed by atoms with E-state index in [1.54, 1.807) is 0 Å². The third-order valence-corrected chi connectivity index (χ3v) is 2.81. The van der Waals surface area contributed by atoms with E-state index in [0.717, 1.165) is 12.8 Å². The lowest BCUT2D eigenvalue weighted by Crippen LogP contribution is -2.40. The molecule has 0 saturated heterocycles. The zero-order chi connectivity index (χ0) is 14.3. The van der Waals surface area contributed by atoms with Crippen LogP contribution in [0.2, 0.25) is 0 Å². The van der Waals surface area contributed by atoms with Crippen LogP contribution in [0.25, 0.3) is 0 Å². The standard InChI is InChI=1S/C14H27NO4/c1-14(2,3)19-10-9-18-8-7-12(13(16)17-4)15-11-5-6-11/h11-12,15H,5-10H2,1-4H3. The van der Waals surface area contributed by atoms with Crippen LogP contribution in [0.15, 0.2) is 0 Å². The van der Waals surface area contributed by atoms with Crippen molar-refractivity contribution in [2.75, 3.05) is 26.9 Å². The van der Waals surface area contributed by atoms with Gasteiger partial charge in [0.2, 0.25) is 0 Å². The van der Waals surface area contributed by atoms with Crippen molar-refractivity contribution in [2.24, 2.45) is 0 Å². The van der Waals surface area contributed by atoms with E-state index in [1.807, 2.05) is 20.8 Å². The Bertz CT molecular complexity index is 271. The summed E-state index contributed by atoms with van der Waals surface area (Å²) in [6.07, 6.45) is 2.93. The number of hydrogen-bond acceptors (Lipinski definition) is 5. The molecule has 0 spiro atoms. The Labute approximate surface area is 116 Å². The molecule has 0 aromatic carbocycles. The molecule has 0 aromatic rings. The topological polar surface area (TPSA) is 56.8 Å². The Morgan fingerprint density at radius 2 is 1.95 bits per heavy atom. The fourth-order valence-electron chi connectivity index (χ4n) is 1.66. The summed E-state index contributed by atoms with van der Waals surface area (Å²) in [6.45, 7) is 7.70. The molecular weight excluding hydrogens is 246 g/mol. The van der Waals surface area contributed by atoms with Crippen molar-refractivity contribution in [1.82, 2.24) is 5.32 Å². The van der Waals surface area contributed by atoms with Crippen LogP contribution in [0, 0.1) is 0 Å². The minimum absolute atomic E-state index is 0.133. The van der Waals surface area contributed by atoms with Gasteiger partial charge in [0.05, 0.1) is 25.9 Å². The molecule has 0 bridgehead atoms. The molecule has 0 aliphatic heterocycles. The van der Waals surface area contributed by atoms with E-state index in [1.165, 1.54) is 7.11 Å². The van der Waals surface area contributed by atoms with Crippen molar-refractivity contribution >= 4 is 5.97 Å². The van der Waals surface area contributed by atoms with Gasteiger partial charge >= 0.3 is 5.97 Å². The zero-order valence-corrected chi connectivity index (χ0v) is 12.5. The Morgan fingerprint density at radius 1 is 1.26 bits per heavy atom. The van der Waals surface area contributed by atoms with Crippen LogP contribution in [-0.4, -0.2) is 50.6 Å². The monoisotopic (exact) mass is 273 g/mol. The van der Waals surface area contributed by atoms with Crippen LogP contribution >= 0.6 is 0 Å². The largest absolute Gasteiger partial charge is 0.468 e. The van der Waals surface area contributed by atoms with Gasteiger partial charge in [0, 0.05) is 12.6 Å². The van der Waals surface area contributed by atoms with E-state index in [2.05, 4.69) is 5.32 Å². The molecule has 19 heavy (non-hydrogen) atoms. The van der Waals surface area contributed by atoms with Crippen LogP contribution in [-0.2, 0) is 19.0 Å². The number of rotatable bonds is 9. The molecule has 1 N–H and O–H groups in total. The number of methoxy groups -OCH3 is 1. The summed E-state index contributed by atoms with van der Waals surface area (Å²) in [4.78, 5) is 11.6. The quantitative estimate of drug-likeness (QED) is 0.509. The lowest BCUT2D eigenvalue weighted by molar-refractivity contribution is -0.143. The molecule has 112 valence electrons. The number of carbonyl (C=O) groups excluding carboxylic acids is 1. The zero-order valence-electron chi connectivity index (χ0n) is 12.5. The molecule has 1 rings (SSSR count). The van der Waals surface area contributed by atoms with Gasteiger partial charge in [0.25, 0.3) is 0 Å². The van der Waals surface area contributed by atoms with Crippen molar-refractivity contribution in [3.05, 3.63) is 0 Å². The van der Waals surface area contributed by atoms with E-state index in [0.29, 0.717) is 32.3 Å². The molecule has 1 saturated carbocycles. The summed E-state index contributed by atoms with van der Waals surface area (Å²) >= 11 is 0. The van der Waals surface area contributed by atoms with Gasteiger partial charge in [-0.1, -0.05) is 0 Å². The third-order valence-electron chi connectivity index (χ3n) is 2.81. The van der Waals surface area contributed by atoms with Crippen LogP contribution < -0.4 is 5.32 Å². The Kier molecular flexibility index (Phi) is 6.75. The van der Waals surface area contributed by atoms with E-state index in [4.69, 9.17) is 14.2 Å². The van der Waals surface area contributed by atoms with Crippen LogP contribution in [0.3, 0.4) is 0 Å². The summed E-state index contributed by atoms with van der Waals surface area (Å²) < 4.78 is 15.8. The van der Waals surface area contributed by atoms with Crippen molar-refractivity contribution in [2.45, 2.75) is 57.7 Å². The molecule has 5 heteroatoms. The third kappa shape index (κ3) is 8.18. The van der Waals surface area contributed by atoms with E-state index >= 15 is 0 Å². The molecule has 1 atom stereocenters. The number of nitrogens with one attached hydrogen (secondary N) is 1. The van der Waals surface area contributed by atoms with Crippen LogP contribution in [0.1, 0.15) is 40.0 Å². The summed E-state index contributed by atoms with van der Waals surface area (Å²) in [5.74, 6) is -0.207. The second-order valence-electron chi connectivity index (χ2n) is 5.88. The molecule has 1 aliphatic rings.